The van der Waals surface area contributed by atoms with E-state index < -0.39 is 30.1 Å². The summed E-state index contributed by atoms with van der Waals surface area (Å²) in [6.07, 6.45) is -3.27. The third-order valence-electron chi connectivity index (χ3n) is 3.76. The Balaban J connectivity index is 2.04. The van der Waals surface area contributed by atoms with Gasteiger partial charge in [0.05, 0.1) is 5.56 Å². The quantitative estimate of drug-likeness (QED) is 0.863. The molecule has 0 aromatic carbocycles. The van der Waals surface area contributed by atoms with Crippen molar-refractivity contribution in [2.45, 2.75) is 38.0 Å². The maximum Gasteiger partial charge on any atom is 0.408 e. The lowest BCUT2D eigenvalue weighted by atomic mass is 9.97. The molecule has 2 unspecified atom stereocenters. The number of alkyl halides is 3. The van der Waals surface area contributed by atoms with E-state index in [-0.39, 0.29) is 30.6 Å². The van der Waals surface area contributed by atoms with Crippen LogP contribution >= 0.6 is 0 Å². The number of hydrogen-bond acceptors (Lipinski definition) is 3. The Morgan fingerprint density at radius 3 is 2.65 bits per heavy atom. The van der Waals surface area contributed by atoms with Gasteiger partial charge in [-0.3, -0.25) is 9.59 Å². The van der Waals surface area contributed by atoms with Crippen LogP contribution in [-0.2, 0) is 4.79 Å². The summed E-state index contributed by atoms with van der Waals surface area (Å²) in [5.41, 5.74) is 0.426. The summed E-state index contributed by atoms with van der Waals surface area (Å²) < 4.78 is 38.8. The molecule has 1 aromatic rings. The van der Waals surface area contributed by atoms with Gasteiger partial charge < -0.3 is 15.2 Å². The van der Waals surface area contributed by atoms with Crippen molar-refractivity contribution in [2.75, 3.05) is 6.54 Å². The van der Waals surface area contributed by atoms with Crippen molar-refractivity contribution in [1.29, 1.82) is 5.26 Å². The van der Waals surface area contributed by atoms with E-state index in [0.717, 1.165) is 11.8 Å². The molecule has 2 N–H and O–H groups in total. The molecule has 1 fully saturated rings. The van der Waals surface area contributed by atoms with Crippen LogP contribution in [0.4, 0.5) is 13.2 Å². The van der Waals surface area contributed by atoms with Crippen LogP contribution in [0.15, 0.2) is 12.3 Å². The molecule has 1 aliphatic heterocycles. The molecular formula is C14H15F3N4O2. The van der Waals surface area contributed by atoms with Gasteiger partial charge in [0.15, 0.2) is 0 Å². The zero-order chi connectivity index (χ0) is 17.2. The number of hydrogen-bond donors (Lipinski definition) is 2. The number of rotatable bonds is 2. The van der Waals surface area contributed by atoms with Crippen LogP contribution in [-0.4, -0.2) is 46.5 Å². The molecule has 0 spiro atoms. The highest BCUT2D eigenvalue weighted by molar-refractivity contribution is 5.93. The number of piperidine rings is 1. The molecule has 1 aromatic heterocycles. The molecule has 1 saturated heterocycles. The number of H-pyrrole nitrogens is 1. The predicted octanol–water partition coefficient (Wildman–Crippen LogP) is 1.56. The number of carbonyl (C=O) groups is 2. The summed E-state index contributed by atoms with van der Waals surface area (Å²) >= 11 is 0. The van der Waals surface area contributed by atoms with E-state index in [2.05, 4.69) is 10.3 Å². The van der Waals surface area contributed by atoms with E-state index in [9.17, 15) is 22.8 Å². The summed E-state index contributed by atoms with van der Waals surface area (Å²) in [5, 5.41) is 11.3. The van der Waals surface area contributed by atoms with E-state index in [1.54, 1.807) is 0 Å². The fourth-order valence-electron chi connectivity index (χ4n) is 2.63. The number of nitrogens with one attached hydrogen (secondary N) is 2. The molecule has 2 heterocycles. The second-order valence-corrected chi connectivity index (χ2v) is 5.39. The minimum Gasteiger partial charge on any atom is -0.356 e. The molecule has 0 saturated carbocycles. The minimum atomic E-state index is -4.48. The summed E-state index contributed by atoms with van der Waals surface area (Å²) in [6, 6.07) is 0.821. The Morgan fingerprint density at radius 2 is 2.13 bits per heavy atom. The Morgan fingerprint density at radius 1 is 1.43 bits per heavy atom. The average Bonchev–Trinajstić information content (AvgIpc) is 2.95. The predicted molar refractivity (Wildman–Crippen MR) is 73.2 cm³/mol. The minimum absolute atomic E-state index is 0.117. The van der Waals surface area contributed by atoms with Gasteiger partial charge in [0, 0.05) is 25.7 Å². The first-order valence-corrected chi connectivity index (χ1v) is 6.95. The third kappa shape index (κ3) is 3.83. The molecule has 2 rings (SSSR count). The number of aromatic amines is 1. The smallest absolute Gasteiger partial charge is 0.356 e. The van der Waals surface area contributed by atoms with Crippen molar-refractivity contribution in [2.24, 2.45) is 0 Å². The Kier molecular flexibility index (Phi) is 4.63. The number of carbonyl (C=O) groups excluding carboxylic acids is 2. The number of likely N-dealkylation sites (tertiary alicyclic amines) is 1. The highest BCUT2D eigenvalue weighted by atomic mass is 19.4. The van der Waals surface area contributed by atoms with Gasteiger partial charge in [-0.05, 0) is 18.9 Å². The molecule has 6 nitrogen and oxygen atoms in total. The first-order valence-electron chi connectivity index (χ1n) is 6.95. The van der Waals surface area contributed by atoms with E-state index >= 15 is 0 Å². The molecular weight excluding hydrogens is 313 g/mol. The Bertz CT molecular complexity index is 647. The van der Waals surface area contributed by atoms with Crippen molar-refractivity contribution in [3.05, 3.63) is 23.5 Å². The molecule has 1 aliphatic rings. The van der Waals surface area contributed by atoms with Crippen molar-refractivity contribution in [1.82, 2.24) is 15.2 Å². The number of amides is 2. The molecule has 2 atom stereocenters. The zero-order valence-corrected chi connectivity index (χ0v) is 12.3. The second-order valence-electron chi connectivity index (χ2n) is 5.39. The van der Waals surface area contributed by atoms with E-state index in [1.165, 1.54) is 12.3 Å². The van der Waals surface area contributed by atoms with Crippen LogP contribution < -0.4 is 5.32 Å². The summed E-state index contributed by atoms with van der Waals surface area (Å²) in [7, 11) is 0. The number of nitriles is 1. The van der Waals surface area contributed by atoms with Crippen LogP contribution in [0.3, 0.4) is 0 Å². The van der Waals surface area contributed by atoms with Gasteiger partial charge >= 0.3 is 6.18 Å². The van der Waals surface area contributed by atoms with Gasteiger partial charge in [0.1, 0.15) is 17.8 Å². The lowest BCUT2D eigenvalue weighted by molar-refractivity contribution is -0.196. The van der Waals surface area contributed by atoms with Gasteiger partial charge in [0.25, 0.3) is 5.91 Å². The summed E-state index contributed by atoms with van der Waals surface area (Å²) in [4.78, 5) is 26.8. The van der Waals surface area contributed by atoms with E-state index in [0.29, 0.717) is 0 Å². The fraction of sp³-hybridized carbons (Fsp3) is 0.500. The maximum atomic E-state index is 12.9. The molecule has 23 heavy (non-hydrogen) atoms. The molecule has 0 radical (unpaired) electrons. The van der Waals surface area contributed by atoms with Crippen LogP contribution in [0, 0.1) is 11.3 Å². The third-order valence-corrected chi connectivity index (χ3v) is 3.76. The van der Waals surface area contributed by atoms with Crippen LogP contribution in [0.5, 0.6) is 0 Å². The van der Waals surface area contributed by atoms with Crippen LogP contribution in [0.2, 0.25) is 0 Å². The maximum absolute atomic E-state index is 12.9. The highest BCUT2D eigenvalue weighted by Gasteiger charge is 2.47. The van der Waals surface area contributed by atoms with Gasteiger partial charge in [-0.15, -0.1) is 0 Å². The lowest BCUT2D eigenvalue weighted by Crippen LogP contribution is -2.57. The first kappa shape index (κ1) is 16.9. The summed E-state index contributed by atoms with van der Waals surface area (Å²) in [5.74, 6) is -1.21. The second kappa shape index (κ2) is 6.32. The number of nitrogens with zero attached hydrogens (tertiary/aromatic N) is 2. The van der Waals surface area contributed by atoms with Gasteiger partial charge in [-0.1, -0.05) is 0 Å². The van der Waals surface area contributed by atoms with Crippen molar-refractivity contribution in [3.63, 3.8) is 0 Å². The number of aromatic nitrogens is 1. The lowest BCUT2D eigenvalue weighted by Gasteiger charge is -2.40. The fourth-order valence-corrected chi connectivity index (χ4v) is 2.63. The monoisotopic (exact) mass is 328 g/mol. The highest BCUT2D eigenvalue weighted by Crippen LogP contribution is 2.32. The normalized spacial score (nSPS) is 21.6. The molecule has 124 valence electrons. The van der Waals surface area contributed by atoms with Crippen molar-refractivity contribution in [3.8, 4) is 6.07 Å². The SMILES string of the molecule is CC(=O)N1CC(NC(=O)c2cc(C#N)c[nH]2)CCC1C(F)(F)F. The van der Waals surface area contributed by atoms with Crippen molar-refractivity contribution < 1.29 is 22.8 Å². The Labute approximate surface area is 130 Å². The van der Waals surface area contributed by atoms with Gasteiger partial charge in [-0.25, -0.2) is 0 Å². The van der Waals surface area contributed by atoms with E-state index in [1.807, 2.05) is 6.07 Å². The largest absolute Gasteiger partial charge is 0.408 e. The van der Waals surface area contributed by atoms with Gasteiger partial charge in [0.2, 0.25) is 5.91 Å². The number of halogens is 3. The molecule has 0 bridgehead atoms. The zero-order valence-electron chi connectivity index (χ0n) is 12.3. The average molecular weight is 328 g/mol. The van der Waals surface area contributed by atoms with E-state index in [4.69, 9.17) is 5.26 Å². The van der Waals surface area contributed by atoms with Crippen LogP contribution in [0.1, 0.15) is 35.8 Å². The topological polar surface area (TPSA) is 89.0 Å². The molecule has 9 heteroatoms. The Hall–Kier alpha value is -2.50. The van der Waals surface area contributed by atoms with Gasteiger partial charge in [-0.2, -0.15) is 18.4 Å². The summed E-state index contributed by atoms with van der Waals surface area (Å²) in [6.45, 7) is 0.879. The van der Waals surface area contributed by atoms with Crippen LogP contribution in [0.25, 0.3) is 0 Å². The molecule has 0 aliphatic carbocycles. The molecule has 2 amide bonds. The van der Waals surface area contributed by atoms with Crippen molar-refractivity contribution >= 4 is 11.8 Å². The standard InChI is InChI=1S/C14H15F3N4O2/c1-8(22)21-7-10(2-3-12(21)14(15,16)17)20-13(23)11-4-9(5-18)6-19-11/h4,6,10,12,19H,2-3,7H2,1H3,(H,20,23). The first-order chi connectivity index (χ1) is 10.7.